The van der Waals surface area contributed by atoms with Crippen LogP contribution in [0.5, 0.6) is 0 Å². The number of nitrogen functional groups attached to an aromatic ring is 1. The number of rotatable bonds is 6. The molecule has 1 aliphatic rings. The molecule has 2 N–H and O–H groups in total. The van der Waals surface area contributed by atoms with Crippen molar-refractivity contribution >= 4 is 55.8 Å². The van der Waals surface area contributed by atoms with E-state index < -0.39 is 0 Å². The molecule has 33 heavy (non-hydrogen) atoms. The van der Waals surface area contributed by atoms with Crippen molar-refractivity contribution in [2.75, 3.05) is 18.8 Å². The molecule has 0 saturated carbocycles. The fourth-order valence-corrected chi connectivity index (χ4v) is 5.73. The number of fused-ring (bicyclic) bond motifs is 2. The summed E-state index contributed by atoms with van der Waals surface area (Å²) >= 11 is 7.70. The van der Waals surface area contributed by atoms with Gasteiger partial charge in [-0.3, -0.25) is 9.69 Å². The molecule has 5 rings (SSSR count). The number of amides is 1. The lowest BCUT2D eigenvalue weighted by atomic mass is 10.0. The van der Waals surface area contributed by atoms with E-state index in [0.29, 0.717) is 24.1 Å². The van der Waals surface area contributed by atoms with Crippen LogP contribution in [0.2, 0.25) is 5.15 Å². The van der Waals surface area contributed by atoms with E-state index in [1.165, 1.54) is 11.2 Å². The molecule has 170 valence electrons. The topological polar surface area (TPSA) is 88.2 Å². The van der Waals surface area contributed by atoms with Crippen LogP contribution in [0.25, 0.3) is 21.1 Å². The van der Waals surface area contributed by atoms with E-state index >= 15 is 0 Å². The third-order valence-electron chi connectivity index (χ3n) is 6.12. The van der Waals surface area contributed by atoms with Gasteiger partial charge in [-0.05, 0) is 42.3 Å². The van der Waals surface area contributed by atoms with Crippen LogP contribution in [0.1, 0.15) is 30.2 Å². The van der Waals surface area contributed by atoms with Crippen LogP contribution in [0.15, 0.2) is 42.7 Å². The number of carbonyl (C=O) groups is 1. The summed E-state index contributed by atoms with van der Waals surface area (Å²) in [6.07, 6.45) is 3.27. The molecule has 0 radical (unpaired) electrons. The fraction of sp³-hybridized carbons (Fsp3) is 0.333. The van der Waals surface area contributed by atoms with Crippen molar-refractivity contribution in [2.24, 2.45) is 0 Å². The molecular weight excluding hydrogens is 456 g/mol. The minimum Gasteiger partial charge on any atom is -0.383 e. The smallest absolute Gasteiger partial charge is 0.240 e. The van der Waals surface area contributed by atoms with Crippen LogP contribution in [-0.2, 0) is 17.9 Å². The molecule has 3 aromatic heterocycles. The van der Waals surface area contributed by atoms with Gasteiger partial charge in [-0.25, -0.2) is 15.0 Å². The number of hydrogen-bond donors (Lipinski definition) is 1. The lowest BCUT2D eigenvalue weighted by Gasteiger charge is -2.40. The number of carbonyl (C=O) groups excluding carboxylic acids is 1. The molecule has 7 nitrogen and oxygen atoms in total. The lowest BCUT2D eigenvalue weighted by molar-refractivity contribution is -0.143. The predicted molar refractivity (Wildman–Crippen MR) is 133 cm³/mol. The van der Waals surface area contributed by atoms with Crippen molar-refractivity contribution < 1.29 is 4.79 Å². The second-order valence-corrected chi connectivity index (χ2v) is 9.89. The number of piperazine rings is 1. The van der Waals surface area contributed by atoms with Crippen LogP contribution in [-0.4, -0.2) is 49.8 Å². The third kappa shape index (κ3) is 4.51. The molecule has 1 fully saturated rings. The molecule has 4 heterocycles. The monoisotopic (exact) mass is 480 g/mol. The van der Waals surface area contributed by atoms with Crippen molar-refractivity contribution in [1.29, 1.82) is 0 Å². The first-order valence-corrected chi connectivity index (χ1v) is 12.3. The maximum atomic E-state index is 13.5. The fourth-order valence-electron chi connectivity index (χ4n) is 4.48. The lowest BCUT2D eigenvalue weighted by Crippen LogP contribution is -2.56. The van der Waals surface area contributed by atoms with Gasteiger partial charge >= 0.3 is 0 Å². The number of halogens is 1. The molecule has 1 atom stereocenters. The van der Waals surface area contributed by atoms with E-state index in [9.17, 15) is 4.79 Å². The highest BCUT2D eigenvalue weighted by Crippen LogP contribution is 2.29. The Morgan fingerprint density at radius 3 is 2.88 bits per heavy atom. The van der Waals surface area contributed by atoms with Gasteiger partial charge in [-0.15, -0.1) is 11.3 Å². The van der Waals surface area contributed by atoms with E-state index in [1.54, 1.807) is 11.3 Å². The van der Waals surface area contributed by atoms with Crippen LogP contribution in [0, 0.1) is 0 Å². The van der Waals surface area contributed by atoms with Crippen LogP contribution >= 0.6 is 22.9 Å². The Kier molecular flexibility index (Phi) is 6.14. The molecule has 0 unspecified atom stereocenters. The van der Waals surface area contributed by atoms with Crippen molar-refractivity contribution in [2.45, 2.75) is 38.9 Å². The normalized spacial score (nSPS) is 17.3. The molecule has 1 aromatic carbocycles. The van der Waals surface area contributed by atoms with Crippen molar-refractivity contribution in [3.05, 3.63) is 58.3 Å². The number of thiophene rings is 1. The van der Waals surface area contributed by atoms with Gasteiger partial charge < -0.3 is 10.6 Å². The SMILES string of the molecule is CCC[C@H]1C(=O)N(Cc2ccc3c(N)ncnc3c2)CCN1Cc1cc2ccc(Cl)nc2s1. The molecule has 0 aliphatic carbocycles. The minimum absolute atomic E-state index is 0.121. The maximum Gasteiger partial charge on any atom is 0.240 e. The standard InChI is InChI=1S/C24H25ClN6OS/c1-2-3-20-24(32)31(12-15-4-6-18-19(10-15)27-14-28-22(18)26)9-8-30(20)13-17-11-16-5-7-21(25)29-23(16)33-17/h4-7,10-11,14,20H,2-3,8-9,12-13H2,1H3,(H2,26,27,28)/t20-/m0/s1. The van der Waals surface area contributed by atoms with Gasteiger partial charge in [-0.1, -0.05) is 31.0 Å². The summed E-state index contributed by atoms with van der Waals surface area (Å²) in [7, 11) is 0. The first-order valence-electron chi connectivity index (χ1n) is 11.1. The Morgan fingerprint density at radius 2 is 2.03 bits per heavy atom. The largest absolute Gasteiger partial charge is 0.383 e. The number of benzene rings is 1. The van der Waals surface area contributed by atoms with Crippen LogP contribution in [0.4, 0.5) is 5.82 Å². The molecule has 0 spiro atoms. The highest BCUT2D eigenvalue weighted by Gasteiger charge is 2.34. The Hall–Kier alpha value is -2.81. The average Bonchev–Trinajstić information content (AvgIpc) is 3.19. The van der Waals surface area contributed by atoms with Gasteiger partial charge in [-0.2, -0.15) is 0 Å². The molecular formula is C24H25ClN6OS. The Morgan fingerprint density at radius 1 is 1.15 bits per heavy atom. The first kappa shape index (κ1) is 22.0. The Labute approximate surface area is 201 Å². The number of pyridine rings is 1. The number of nitrogens with two attached hydrogens (primary N) is 1. The van der Waals surface area contributed by atoms with E-state index in [1.807, 2.05) is 35.2 Å². The average molecular weight is 481 g/mol. The zero-order chi connectivity index (χ0) is 22.9. The maximum absolute atomic E-state index is 13.5. The summed E-state index contributed by atoms with van der Waals surface area (Å²) in [5.41, 5.74) is 7.79. The molecule has 4 aromatic rings. The third-order valence-corrected chi connectivity index (χ3v) is 7.36. The zero-order valence-corrected chi connectivity index (χ0v) is 19.9. The number of aromatic nitrogens is 3. The van der Waals surface area contributed by atoms with Crippen LogP contribution < -0.4 is 5.73 Å². The summed E-state index contributed by atoms with van der Waals surface area (Å²) in [5, 5.41) is 2.43. The zero-order valence-electron chi connectivity index (χ0n) is 18.4. The van der Waals surface area contributed by atoms with Gasteiger partial charge in [0.1, 0.15) is 22.1 Å². The molecule has 1 aliphatic heterocycles. The van der Waals surface area contributed by atoms with E-state index in [2.05, 4.69) is 32.8 Å². The Bertz CT molecular complexity index is 1330. The highest BCUT2D eigenvalue weighted by atomic mass is 35.5. The van der Waals surface area contributed by atoms with Gasteiger partial charge in [0.25, 0.3) is 0 Å². The predicted octanol–water partition coefficient (Wildman–Crippen LogP) is 4.49. The van der Waals surface area contributed by atoms with Gasteiger partial charge in [0.05, 0.1) is 11.6 Å². The van der Waals surface area contributed by atoms with E-state index in [-0.39, 0.29) is 11.9 Å². The first-order chi connectivity index (χ1) is 16.0. The van der Waals surface area contributed by atoms with E-state index in [4.69, 9.17) is 17.3 Å². The molecule has 1 amide bonds. The second kappa shape index (κ2) is 9.21. The number of anilines is 1. The summed E-state index contributed by atoms with van der Waals surface area (Å²) < 4.78 is 0. The minimum atomic E-state index is -0.121. The molecule has 1 saturated heterocycles. The Balaban J connectivity index is 1.33. The van der Waals surface area contributed by atoms with Crippen LogP contribution in [0.3, 0.4) is 0 Å². The van der Waals surface area contributed by atoms with Gasteiger partial charge in [0.15, 0.2) is 0 Å². The number of nitrogens with zero attached hydrogens (tertiary/aromatic N) is 5. The second-order valence-electron chi connectivity index (χ2n) is 8.39. The summed E-state index contributed by atoms with van der Waals surface area (Å²) in [5.74, 6) is 0.658. The van der Waals surface area contributed by atoms with Crippen molar-refractivity contribution in [1.82, 2.24) is 24.8 Å². The van der Waals surface area contributed by atoms with Crippen molar-refractivity contribution in [3.63, 3.8) is 0 Å². The highest BCUT2D eigenvalue weighted by molar-refractivity contribution is 7.18. The van der Waals surface area contributed by atoms with E-state index in [0.717, 1.165) is 52.6 Å². The summed E-state index contributed by atoms with van der Waals surface area (Å²) in [4.78, 5) is 32.7. The van der Waals surface area contributed by atoms with Crippen molar-refractivity contribution in [3.8, 4) is 0 Å². The quantitative estimate of drug-likeness (QED) is 0.409. The summed E-state index contributed by atoms with van der Waals surface area (Å²) in [6.45, 7) is 4.97. The number of hydrogen-bond acceptors (Lipinski definition) is 7. The van der Waals surface area contributed by atoms with Gasteiger partial charge in [0, 0.05) is 41.8 Å². The molecule has 0 bridgehead atoms. The molecule has 9 heteroatoms. The van der Waals surface area contributed by atoms with Gasteiger partial charge in [0.2, 0.25) is 5.91 Å². The summed E-state index contributed by atoms with van der Waals surface area (Å²) in [6, 6.07) is 11.8.